The van der Waals surface area contributed by atoms with E-state index in [1.54, 1.807) is 6.26 Å². The second kappa shape index (κ2) is 5.33. The van der Waals surface area contributed by atoms with Gasteiger partial charge in [-0.15, -0.1) is 0 Å². The van der Waals surface area contributed by atoms with Crippen molar-refractivity contribution in [3.63, 3.8) is 0 Å². The summed E-state index contributed by atoms with van der Waals surface area (Å²) in [5, 5.41) is 3.34. The summed E-state index contributed by atoms with van der Waals surface area (Å²) in [5.74, 6) is 1.14. The molecular formula is C12H20N2O. The van der Waals surface area contributed by atoms with E-state index >= 15 is 0 Å². The van der Waals surface area contributed by atoms with Crippen LogP contribution in [-0.2, 0) is 13.1 Å². The Morgan fingerprint density at radius 3 is 2.93 bits per heavy atom. The number of nitrogens with zero attached hydrogens (tertiary/aromatic N) is 1. The van der Waals surface area contributed by atoms with Crippen molar-refractivity contribution in [2.24, 2.45) is 0 Å². The Labute approximate surface area is 91.4 Å². The van der Waals surface area contributed by atoms with Gasteiger partial charge in [-0.2, -0.15) is 0 Å². The van der Waals surface area contributed by atoms with E-state index in [1.807, 2.05) is 0 Å². The van der Waals surface area contributed by atoms with Gasteiger partial charge in [0.25, 0.3) is 0 Å². The van der Waals surface area contributed by atoms with Crippen molar-refractivity contribution in [2.75, 3.05) is 19.6 Å². The van der Waals surface area contributed by atoms with Crippen LogP contribution >= 0.6 is 0 Å². The Morgan fingerprint density at radius 2 is 2.20 bits per heavy atom. The van der Waals surface area contributed by atoms with Crippen LogP contribution in [0.15, 0.2) is 16.7 Å². The fourth-order valence-corrected chi connectivity index (χ4v) is 2.07. The quantitative estimate of drug-likeness (QED) is 0.802. The molecule has 0 bridgehead atoms. The highest BCUT2D eigenvalue weighted by molar-refractivity contribution is 5.16. The Morgan fingerprint density at radius 1 is 1.40 bits per heavy atom. The molecule has 3 heteroatoms. The van der Waals surface area contributed by atoms with E-state index in [4.69, 9.17) is 4.42 Å². The molecule has 15 heavy (non-hydrogen) atoms. The minimum Gasteiger partial charge on any atom is -0.468 e. The summed E-state index contributed by atoms with van der Waals surface area (Å²) in [6.45, 7) is 7.49. The van der Waals surface area contributed by atoms with Crippen molar-refractivity contribution < 1.29 is 4.42 Å². The SMILES string of the molecule is CCNCc1ccoc1CN1CCCC1. The zero-order valence-electron chi connectivity index (χ0n) is 9.46. The summed E-state index contributed by atoms with van der Waals surface area (Å²) < 4.78 is 5.54. The molecule has 0 saturated carbocycles. The maximum atomic E-state index is 5.54. The number of nitrogens with one attached hydrogen (secondary N) is 1. The lowest BCUT2D eigenvalue weighted by atomic mass is 10.2. The molecule has 1 aliphatic rings. The van der Waals surface area contributed by atoms with Gasteiger partial charge in [-0.25, -0.2) is 0 Å². The summed E-state index contributed by atoms with van der Waals surface area (Å²) in [5.41, 5.74) is 1.31. The van der Waals surface area contributed by atoms with Crippen LogP contribution in [0.25, 0.3) is 0 Å². The molecule has 0 aromatic carbocycles. The van der Waals surface area contributed by atoms with Gasteiger partial charge in [-0.05, 0) is 38.5 Å². The van der Waals surface area contributed by atoms with Crippen LogP contribution in [0.4, 0.5) is 0 Å². The summed E-state index contributed by atoms with van der Waals surface area (Å²) >= 11 is 0. The first-order chi connectivity index (χ1) is 7.40. The highest BCUT2D eigenvalue weighted by Gasteiger charge is 2.15. The van der Waals surface area contributed by atoms with Crippen LogP contribution in [0, 0.1) is 0 Å². The summed E-state index contributed by atoms with van der Waals surface area (Å²) in [6, 6.07) is 2.08. The highest BCUT2D eigenvalue weighted by Crippen LogP contribution is 2.16. The average Bonchev–Trinajstić information content (AvgIpc) is 2.87. The second-order valence-corrected chi connectivity index (χ2v) is 4.13. The smallest absolute Gasteiger partial charge is 0.122 e. The molecule has 0 amide bonds. The van der Waals surface area contributed by atoms with Crippen LogP contribution in [0.5, 0.6) is 0 Å². The molecule has 2 rings (SSSR count). The Bertz CT molecular complexity index is 290. The fraction of sp³-hybridized carbons (Fsp3) is 0.667. The van der Waals surface area contributed by atoms with E-state index in [2.05, 4.69) is 23.2 Å². The normalized spacial score (nSPS) is 17.4. The van der Waals surface area contributed by atoms with Crippen LogP contribution in [-0.4, -0.2) is 24.5 Å². The van der Waals surface area contributed by atoms with E-state index < -0.39 is 0 Å². The Kier molecular flexibility index (Phi) is 3.80. The predicted molar refractivity (Wildman–Crippen MR) is 60.6 cm³/mol. The lowest BCUT2D eigenvalue weighted by Crippen LogP contribution is -2.20. The minimum absolute atomic E-state index is 0.927. The van der Waals surface area contributed by atoms with Gasteiger partial charge in [0.15, 0.2) is 0 Å². The van der Waals surface area contributed by atoms with Crippen molar-refractivity contribution in [1.29, 1.82) is 0 Å². The third kappa shape index (κ3) is 2.83. The maximum Gasteiger partial charge on any atom is 0.122 e. The molecule has 0 aliphatic carbocycles. The van der Waals surface area contributed by atoms with Crippen molar-refractivity contribution in [3.8, 4) is 0 Å². The van der Waals surface area contributed by atoms with Crippen LogP contribution in [0.1, 0.15) is 31.1 Å². The summed E-state index contributed by atoms with van der Waals surface area (Å²) in [4.78, 5) is 2.47. The van der Waals surface area contributed by atoms with Gasteiger partial charge in [0.05, 0.1) is 12.8 Å². The van der Waals surface area contributed by atoms with Gasteiger partial charge >= 0.3 is 0 Å². The monoisotopic (exact) mass is 208 g/mol. The fourth-order valence-electron chi connectivity index (χ4n) is 2.07. The molecule has 0 unspecified atom stereocenters. The number of furan rings is 1. The molecule has 0 radical (unpaired) electrons. The van der Waals surface area contributed by atoms with Gasteiger partial charge in [0.1, 0.15) is 5.76 Å². The molecule has 84 valence electrons. The zero-order chi connectivity index (χ0) is 10.5. The van der Waals surface area contributed by atoms with E-state index in [0.717, 1.165) is 25.4 Å². The molecule has 1 aromatic heterocycles. The van der Waals surface area contributed by atoms with E-state index in [0.29, 0.717) is 0 Å². The zero-order valence-corrected chi connectivity index (χ0v) is 9.46. The largest absolute Gasteiger partial charge is 0.468 e. The van der Waals surface area contributed by atoms with Crippen LogP contribution in [0.3, 0.4) is 0 Å². The molecule has 1 aliphatic heterocycles. The van der Waals surface area contributed by atoms with E-state index in [9.17, 15) is 0 Å². The van der Waals surface area contributed by atoms with Crippen molar-refractivity contribution in [3.05, 3.63) is 23.7 Å². The Hall–Kier alpha value is -0.800. The first kappa shape index (κ1) is 10.7. The number of hydrogen-bond acceptors (Lipinski definition) is 3. The predicted octanol–water partition coefficient (Wildman–Crippen LogP) is 1.98. The molecule has 0 atom stereocenters. The third-order valence-electron chi connectivity index (χ3n) is 2.97. The number of rotatable bonds is 5. The molecule has 1 saturated heterocycles. The van der Waals surface area contributed by atoms with Gasteiger partial charge in [-0.3, -0.25) is 4.90 Å². The topological polar surface area (TPSA) is 28.4 Å². The second-order valence-electron chi connectivity index (χ2n) is 4.13. The van der Waals surface area contributed by atoms with Gasteiger partial charge < -0.3 is 9.73 Å². The molecule has 1 fully saturated rings. The molecular weight excluding hydrogens is 188 g/mol. The van der Waals surface area contributed by atoms with Crippen molar-refractivity contribution in [1.82, 2.24) is 10.2 Å². The Balaban J connectivity index is 1.91. The number of hydrogen-bond donors (Lipinski definition) is 1. The van der Waals surface area contributed by atoms with E-state index in [1.165, 1.54) is 31.5 Å². The van der Waals surface area contributed by atoms with Gasteiger partial charge in [0.2, 0.25) is 0 Å². The summed E-state index contributed by atoms with van der Waals surface area (Å²) in [7, 11) is 0. The standard InChI is InChI=1S/C12H20N2O/c1-2-13-9-11-5-8-15-12(11)10-14-6-3-4-7-14/h5,8,13H,2-4,6-7,9-10H2,1H3. The molecule has 3 nitrogen and oxygen atoms in total. The average molecular weight is 208 g/mol. The number of likely N-dealkylation sites (tertiary alicyclic amines) is 1. The minimum atomic E-state index is 0.927. The van der Waals surface area contributed by atoms with Crippen LogP contribution in [0.2, 0.25) is 0 Å². The van der Waals surface area contributed by atoms with Crippen LogP contribution < -0.4 is 5.32 Å². The van der Waals surface area contributed by atoms with Crippen molar-refractivity contribution in [2.45, 2.75) is 32.9 Å². The lowest BCUT2D eigenvalue weighted by Gasteiger charge is -2.13. The summed E-state index contributed by atoms with van der Waals surface area (Å²) in [6.07, 6.45) is 4.48. The molecule has 1 N–H and O–H groups in total. The highest BCUT2D eigenvalue weighted by atomic mass is 16.3. The first-order valence-electron chi connectivity index (χ1n) is 5.88. The third-order valence-corrected chi connectivity index (χ3v) is 2.97. The first-order valence-corrected chi connectivity index (χ1v) is 5.88. The van der Waals surface area contributed by atoms with E-state index in [-0.39, 0.29) is 0 Å². The molecule has 1 aromatic rings. The maximum absolute atomic E-state index is 5.54. The van der Waals surface area contributed by atoms with Gasteiger partial charge in [-0.1, -0.05) is 6.92 Å². The molecule has 0 spiro atoms. The van der Waals surface area contributed by atoms with Crippen molar-refractivity contribution >= 4 is 0 Å². The molecule has 2 heterocycles. The lowest BCUT2D eigenvalue weighted by molar-refractivity contribution is 0.295. The van der Waals surface area contributed by atoms with Gasteiger partial charge in [0, 0.05) is 12.1 Å².